The Morgan fingerprint density at radius 2 is 1.80 bits per heavy atom. The van der Waals surface area contributed by atoms with Crippen LogP contribution in [0.4, 0.5) is 0 Å². The zero-order valence-electron chi connectivity index (χ0n) is 11.2. The van der Waals surface area contributed by atoms with Gasteiger partial charge in [-0.2, -0.15) is 0 Å². The summed E-state index contributed by atoms with van der Waals surface area (Å²) in [6.45, 7) is 0. The third-order valence-electron chi connectivity index (χ3n) is 3.77. The second kappa shape index (κ2) is 5.71. The Kier molecular flexibility index (Phi) is 3.79. The molecule has 0 saturated carbocycles. The number of carbonyl (C=O) groups is 2. The minimum Gasteiger partial charge on any atom is -0.303 e. The molecule has 3 rings (SSSR count). The molecule has 20 heavy (non-hydrogen) atoms. The van der Waals surface area contributed by atoms with E-state index in [0.29, 0.717) is 12.8 Å². The Balaban J connectivity index is 2.06. The van der Waals surface area contributed by atoms with Gasteiger partial charge in [-0.1, -0.05) is 18.2 Å². The lowest BCUT2D eigenvalue weighted by molar-refractivity contribution is -0.108. The van der Waals surface area contributed by atoms with Gasteiger partial charge in [-0.3, -0.25) is 0 Å². The van der Waals surface area contributed by atoms with Crippen molar-refractivity contribution in [3.05, 3.63) is 45.8 Å². The molecule has 1 heterocycles. The predicted molar refractivity (Wildman–Crippen MR) is 81.3 cm³/mol. The lowest BCUT2D eigenvalue weighted by Crippen LogP contribution is -1.92. The van der Waals surface area contributed by atoms with E-state index < -0.39 is 0 Å². The van der Waals surface area contributed by atoms with Crippen LogP contribution < -0.4 is 0 Å². The van der Waals surface area contributed by atoms with Gasteiger partial charge >= 0.3 is 0 Å². The molecule has 1 aromatic heterocycles. The van der Waals surface area contributed by atoms with E-state index in [1.54, 1.807) is 11.3 Å². The van der Waals surface area contributed by atoms with Crippen molar-refractivity contribution >= 4 is 23.9 Å². The standard InChI is InChI=1S/C17H16O2S/c18-8-6-12-4-5-16-13(10-12)2-1-3-14-11-15(7-9-19)20-17(14)16/h4-5,8-11H,1-3,6-7H2. The highest BCUT2D eigenvalue weighted by atomic mass is 32.1. The second-order valence-electron chi connectivity index (χ2n) is 5.15. The minimum absolute atomic E-state index is 0.487. The van der Waals surface area contributed by atoms with Crippen molar-refractivity contribution in [2.24, 2.45) is 0 Å². The smallest absolute Gasteiger partial charge is 0.125 e. The van der Waals surface area contributed by atoms with Crippen LogP contribution in [0.1, 0.15) is 28.0 Å². The summed E-state index contributed by atoms with van der Waals surface area (Å²) in [4.78, 5) is 23.8. The molecule has 1 aromatic carbocycles. The van der Waals surface area contributed by atoms with Crippen molar-refractivity contribution < 1.29 is 9.59 Å². The van der Waals surface area contributed by atoms with Gasteiger partial charge in [0.25, 0.3) is 0 Å². The third kappa shape index (κ3) is 2.46. The topological polar surface area (TPSA) is 34.1 Å². The predicted octanol–water partition coefficient (Wildman–Crippen LogP) is 3.39. The molecule has 0 radical (unpaired) electrons. The summed E-state index contributed by atoms with van der Waals surface area (Å²) < 4.78 is 0. The highest BCUT2D eigenvalue weighted by Crippen LogP contribution is 2.39. The quantitative estimate of drug-likeness (QED) is 0.807. The molecule has 1 aliphatic carbocycles. The minimum atomic E-state index is 0.487. The molecule has 0 amide bonds. The first-order valence-corrected chi connectivity index (χ1v) is 7.74. The molecular weight excluding hydrogens is 268 g/mol. The van der Waals surface area contributed by atoms with Crippen molar-refractivity contribution in [2.45, 2.75) is 32.1 Å². The van der Waals surface area contributed by atoms with Crippen LogP contribution in [0.5, 0.6) is 0 Å². The summed E-state index contributed by atoms with van der Waals surface area (Å²) in [5, 5.41) is 0. The molecule has 0 aliphatic heterocycles. The van der Waals surface area contributed by atoms with E-state index in [-0.39, 0.29) is 0 Å². The highest BCUT2D eigenvalue weighted by Gasteiger charge is 2.17. The number of benzene rings is 1. The summed E-state index contributed by atoms with van der Waals surface area (Å²) in [7, 11) is 0. The molecule has 1 aliphatic rings. The second-order valence-corrected chi connectivity index (χ2v) is 6.29. The lowest BCUT2D eigenvalue weighted by Gasteiger charge is -2.07. The molecule has 2 nitrogen and oxygen atoms in total. The molecule has 2 aromatic rings. The largest absolute Gasteiger partial charge is 0.303 e. The van der Waals surface area contributed by atoms with Crippen LogP contribution in [0, 0.1) is 0 Å². The number of hydrogen-bond donors (Lipinski definition) is 0. The van der Waals surface area contributed by atoms with Gasteiger partial charge in [-0.15, -0.1) is 11.3 Å². The molecule has 0 spiro atoms. The summed E-state index contributed by atoms with van der Waals surface area (Å²) >= 11 is 1.73. The van der Waals surface area contributed by atoms with E-state index in [1.807, 2.05) is 6.07 Å². The van der Waals surface area contributed by atoms with Gasteiger partial charge in [0.2, 0.25) is 0 Å². The monoisotopic (exact) mass is 284 g/mol. The molecule has 102 valence electrons. The maximum atomic E-state index is 10.7. The number of carbonyl (C=O) groups excluding carboxylic acids is 2. The SMILES string of the molecule is O=CCc1ccc2c(c1)CCCc1cc(CC=O)sc1-2. The average Bonchev–Trinajstić information content (AvgIpc) is 2.75. The summed E-state index contributed by atoms with van der Waals surface area (Å²) in [5.74, 6) is 0. The van der Waals surface area contributed by atoms with Crippen molar-refractivity contribution in [3.8, 4) is 10.4 Å². The van der Waals surface area contributed by atoms with Gasteiger partial charge in [-0.05, 0) is 47.6 Å². The number of aldehydes is 2. The van der Waals surface area contributed by atoms with E-state index in [2.05, 4.69) is 18.2 Å². The Morgan fingerprint density at radius 1 is 1.00 bits per heavy atom. The van der Waals surface area contributed by atoms with E-state index in [0.717, 1.165) is 42.3 Å². The van der Waals surface area contributed by atoms with Crippen LogP contribution in [-0.4, -0.2) is 12.6 Å². The Bertz CT molecular complexity index is 655. The maximum absolute atomic E-state index is 10.7. The molecule has 3 heteroatoms. The van der Waals surface area contributed by atoms with E-state index in [1.165, 1.54) is 21.6 Å². The maximum Gasteiger partial charge on any atom is 0.125 e. The lowest BCUT2D eigenvalue weighted by atomic mass is 9.99. The molecule has 0 atom stereocenters. The fourth-order valence-corrected chi connectivity index (χ4v) is 4.07. The number of thiophene rings is 1. The van der Waals surface area contributed by atoms with E-state index in [9.17, 15) is 9.59 Å². The van der Waals surface area contributed by atoms with Gasteiger partial charge in [0.15, 0.2) is 0 Å². The van der Waals surface area contributed by atoms with Crippen molar-refractivity contribution in [3.63, 3.8) is 0 Å². The number of hydrogen-bond acceptors (Lipinski definition) is 3. The van der Waals surface area contributed by atoms with Crippen LogP contribution >= 0.6 is 11.3 Å². The van der Waals surface area contributed by atoms with Crippen molar-refractivity contribution in [2.75, 3.05) is 0 Å². The molecular formula is C17H16O2S. The van der Waals surface area contributed by atoms with Gasteiger partial charge in [0.1, 0.15) is 12.6 Å². The Hall–Kier alpha value is -1.74. The van der Waals surface area contributed by atoms with Crippen LogP contribution in [0.2, 0.25) is 0 Å². The molecule has 0 bridgehead atoms. The highest BCUT2D eigenvalue weighted by molar-refractivity contribution is 7.15. The van der Waals surface area contributed by atoms with Gasteiger partial charge in [-0.25, -0.2) is 0 Å². The Labute approximate surface area is 122 Å². The Morgan fingerprint density at radius 3 is 2.60 bits per heavy atom. The van der Waals surface area contributed by atoms with Crippen LogP contribution in [0.3, 0.4) is 0 Å². The van der Waals surface area contributed by atoms with Crippen LogP contribution in [0.25, 0.3) is 10.4 Å². The van der Waals surface area contributed by atoms with Gasteiger partial charge < -0.3 is 9.59 Å². The molecule has 0 unspecified atom stereocenters. The fourth-order valence-electron chi connectivity index (χ4n) is 2.85. The van der Waals surface area contributed by atoms with Crippen LogP contribution in [0.15, 0.2) is 24.3 Å². The molecule has 0 fully saturated rings. The zero-order chi connectivity index (χ0) is 13.9. The zero-order valence-corrected chi connectivity index (χ0v) is 12.0. The van der Waals surface area contributed by atoms with Crippen LogP contribution in [-0.2, 0) is 35.3 Å². The normalized spacial score (nSPS) is 13.2. The number of rotatable bonds is 4. The van der Waals surface area contributed by atoms with Gasteiger partial charge in [0, 0.05) is 22.6 Å². The summed E-state index contributed by atoms with van der Waals surface area (Å²) in [6.07, 6.45) is 6.18. The number of fused-ring (bicyclic) bond motifs is 3. The first-order valence-electron chi connectivity index (χ1n) is 6.93. The number of aryl methyl sites for hydroxylation is 2. The summed E-state index contributed by atoms with van der Waals surface area (Å²) in [6, 6.07) is 8.53. The first-order chi connectivity index (χ1) is 9.81. The van der Waals surface area contributed by atoms with Crippen molar-refractivity contribution in [1.29, 1.82) is 0 Å². The third-order valence-corrected chi connectivity index (χ3v) is 5.00. The van der Waals surface area contributed by atoms with E-state index in [4.69, 9.17) is 0 Å². The molecule has 0 N–H and O–H groups in total. The average molecular weight is 284 g/mol. The van der Waals surface area contributed by atoms with Crippen molar-refractivity contribution in [1.82, 2.24) is 0 Å². The molecule has 0 saturated heterocycles. The van der Waals surface area contributed by atoms with Gasteiger partial charge in [0.05, 0.1) is 0 Å². The van der Waals surface area contributed by atoms with E-state index >= 15 is 0 Å². The summed E-state index contributed by atoms with van der Waals surface area (Å²) in [5.41, 5.74) is 5.08. The first kappa shape index (κ1) is 13.3. The fraction of sp³-hybridized carbons (Fsp3) is 0.294.